The molecule has 0 bridgehead atoms. The first-order valence-corrected chi connectivity index (χ1v) is 9.09. The van der Waals surface area contributed by atoms with Gasteiger partial charge in [0.15, 0.2) is 0 Å². The van der Waals surface area contributed by atoms with Crippen LogP contribution in [0.2, 0.25) is 0 Å². The van der Waals surface area contributed by atoms with Crippen molar-refractivity contribution in [1.29, 1.82) is 0 Å². The van der Waals surface area contributed by atoms with Crippen LogP contribution in [-0.4, -0.2) is 60.7 Å². The molecule has 24 heavy (non-hydrogen) atoms. The minimum absolute atomic E-state index is 0.0656. The molecule has 1 aliphatic carbocycles. The molecule has 2 heterocycles. The van der Waals surface area contributed by atoms with Crippen LogP contribution in [0.4, 0.5) is 0 Å². The fraction of sp³-hybridized carbons (Fsp3) is 0.714. The van der Waals surface area contributed by atoms with E-state index in [2.05, 4.69) is 20.8 Å². The van der Waals surface area contributed by atoms with Gasteiger partial charge < -0.3 is 4.90 Å². The molecule has 1 spiro atoms. The fourth-order valence-electron chi connectivity index (χ4n) is 3.36. The second-order valence-electron chi connectivity index (χ2n) is 6.02. The molecule has 0 atom stereocenters. The van der Waals surface area contributed by atoms with E-state index in [0.29, 0.717) is 24.5 Å². The number of hydrogen-bond donors (Lipinski definition) is 1. The maximum atomic E-state index is 12.8. The highest BCUT2D eigenvalue weighted by Crippen LogP contribution is 2.36. The Morgan fingerprint density at radius 3 is 2.75 bits per heavy atom. The predicted molar refractivity (Wildman–Crippen MR) is 84.9 cm³/mol. The van der Waals surface area contributed by atoms with Gasteiger partial charge in [0.05, 0.1) is 5.75 Å². The number of hydrogen-bond acceptors (Lipinski definition) is 7. The quantitative estimate of drug-likeness (QED) is 0.598. The normalized spacial score (nSPS) is 20.3. The number of nitrogens with zero attached hydrogens (tertiary/aromatic N) is 5. The van der Waals surface area contributed by atoms with Crippen LogP contribution in [0.1, 0.15) is 39.0 Å². The Bertz CT molecular complexity index is 655. The van der Waals surface area contributed by atoms with Gasteiger partial charge >= 0.3 is 0 Å². The third-order valence-corrected chi connectivity index (χ3v) is 5.54. The van der Waals surface area contributed by atoms with Crippen molar-refractivity contribution in [2.75, 3.05) is 12.3 Å². The van der Waals surface area contributed by atoms with Gasteiger partial charge in [0, 0.05) is 6.54 Å². The second kappa shape index (κ2) is 6.88. The molecule has 2 fully saturated rings. The lowest BCUT2D eigenvalue weighted by molar-refractivity contribution is -0.158. The van der Waals surface area contributed by atoms with Crippen LogP contribution in [0.5, 0.6) is 0 Å². The largest absolute Gasteiger partial charge is 0.318 e. The van der Waals surface area contributed by atoms with Crippen molar-refractivity contribution in [3.8, 4) is 0 Å². The van der Waals surface area contributed by atoms with Crippen LogP contribution in [0, 0.1) is 0 Å². The van der Waals surface area contributed by atoms with Crippen LogP contribution >= 0.6 is 11.8 Å². The molecule has 0 aromatic carbocycles. The number of piperazine rings is 1. The molecular formula is C14H20N6O3S. The van der Waals surface area contributed by atoms with E-state index in [4.69, 9.17) is 0 Å². The van der Waals surface area contributed by atoms with Crippen LogP contribution < -0.4 is 5.32 Å². The molecule has 10 heteroatoms. The summed E-state index contributed by atoms with van der Waals surface area (Å²) in [4.78, 5) is 38.5. The molecule has 1 aromatic rings. The Hall–Kier alpha value is -1.97. The molecule has 2 aliphatic rings. The average Bonchev–Trinajstić information content (AvgIpc) is 3.04. The van der Waals surface area contributed by atoms with Gasteiger partial charge in [-0.15, -0.1) is 5.10 Å². The molecule has 3 amide bonds. The number of aromatic nitrogens is 4. The van der Waals surface area contributed by atoms with Gasteiger partial charge in [-0.05, 0) is 30.2 Å². The summed E-state index contributed by atoms with van der Waals surface area (Å²) >= 11 is 1.22. The van der Waals surface area contributed by atoms with Gasteiger partial charge in [-0.3, -0.25) is 19.7 Å². The number of imide groups is 1. The van der Waals surface area contributed by atoms with E-state index in [9.17, 15) is 14.4 Å². The monoisotopic (exact) mass is 352 g/mol. The van der Waals surface area contributed by atoms with Crippen molar-refractivity contribution in [2.24, 2.45) is 0 Å². The summed E-state index contributed by atoms with van der Waals surface area (Å²) in [6.45, 7) is 2.45. The number of carbonyl (C=O) groups is 3. The summed E-state index contributed by atoms with van der Waals surface area (Å²) in [7, 11) is 0. The Morgan fingerprint density at radius 1 is 1.29 bits per heavy atom. The number of thioether (sulfide) groups is 1. The highest BCUT2D eigenvalue weighted by Gasteiger charge is 2.50. The minimum atomic E-state index is -0.875. The maximum absolute atomic E-state index is 12.8. The maximum Gasteiger partial charge on any atom is 0.252 e. The zero-order chi connectivity index (χ0) is 17.2. The first-order chi connectivity index (χ1) is 11.6. The zero-order valence-corrected chi connectivity index (χ0v) is 14.3. The molecule has 0 unspecified atom stereocenters. The Balaban J connectivity index is 1.75. The van der Waals surface area contributed by atoms with E-state index in [0.717, 1.165) is 19.3 Å². The molecule has 9 nitrogen and oxygen atoms in total. The standard InChI is InChI=1S/C14H20N6O3S/c1-2-20-13(16-17-18-20)24-9-11(22)19-8-10(21)15-12(23)14(19)6-4-3-5-7-14/h2-9H2,1H3,(H,15,21,23). The van der Waals surface area contributed by atoms with Gasteiger partial charge in [-0.1, -0.05) is 31.0 Å². The molecule has 1 aliphatic heterocycles. The third kappa shape index (κ3) is 3.02. The number of carbonyl (C=O) groups excluding carboxylic acids is 3. The lowest BCUT2D eigenvalue weighted by Crippen LogP contribution is -2.69. The van der Waals surface area contributed by atoms with Crippen molar-refractivity contribution in [3.05, 3.63) is 0 Å². The van der Waals surface area contributed by atoms with Crippen LogP contribution in [-0.2, 0) is 20.9 Å². The summed E-state index contributed by atoms with van der Waals surface area (Å²) in [5.74, 6) is -0.887. The number of nitrogens with one attached hydrogen (secondary N) is 1. The summed E-state index contributed by atoms with van der Waals surface area (Å²) in [5, 5.41) is 14.2. The second-order valence-corrected chi connectivity index (χ2v) is 6.96. The minimum Gasteiger partial charge on any atom is -0.318 e. The van der Waals surface area contributed by atoms with E-state index in [1.807, 2.05) is 6.92 Å². The molecule has 1 saturated heterocycles. The smallest absolute Gasteiger partial charge is 0.252 e. The lowest BCUT2D eigenvalue weighted by atomic mass is 9.78. The first-order valence-electron chi connectivity index (χ1n) is 8.10. The topological polar surface area (TPSA) is 110 Å². The zero-order valence-electron chi connectivity index (χ0n) is 13.5. The molecule has 1 aromatic heterocycles. The SMILES string of the molecule is CCn1nnnc1SCC(=O)N1CC(=O)NC(=O)C12CCCCC2. The van der Waals surface area contributed by atoms with Crippen molar-refractivity contribution in [1.82, 2.24) is 30.4 Å². The van der Waals surface area contributed by atoms with Crippen molar-refractivity contribution in [3.63, 3.8) is 0 Å². The molecule has 3 rings (SSSR count). The summed E-state index contributed by atoms with van der Waals surface area (Å²) in [6.07, 6.45) is 4.02. The summed E-state index contributed by atoms with van der Waals surface area (Å²) in [5.41, 5.74) is -0.875. The van der Waals surface area contributed by atoms with E-state index >= 15 is 0 Å². The summed E-state index contributed by atoms with van der Waals surface area (Å²) in [6, 6.07) is 0. The number of amides is 3. The number of tetrazole rings is 1. The lowest BCUT2D eigenvalue weighted by Gasteiger charge is -2.47. The van der Waals surface area contributed by atoms with E-state index in [1.165, 1.54) is 16.7 Å². The van der Waals surface area contributed by atoms with Crippen molar-refractivity contribution < 1.29 is 14.4 Å². The van der Waals surface area contributed by atoms with Crippen LogP contribution in [0.15, 0.2) is 5.16 Å². The number of aryl methyl sites for hydroxylation is 1. The van der Waals surface area contributed by atoms with Crippen LogP contribution in [0.25, 0.3) is 0 Å². The molecule has 0 radical (unpaired) electrons. The molecule has 130 valence electrons. The Morgan fingerprint density at radius 2 is 2.04 bits per heavy atom. The van der Waals surface area contributed by atoms with Crippen molar-refractivity contribution in [2.45, 2.75) is 56.3 Å². The molecular weight excluding hydrogens is 332 g/mol. The van der Waals surface area contributed by atoms with Gasteiger partial charge in [0.1, 0.15) is 12.1 Å². The first kappa shape index (κ1) is 16.9. The van der Waals surface area contributed by atoms with Gasteiger partial charge in [-0.25, -0.2) is 4.68 Å². The van der Waals surface area contributed by atoms with Crippen molar-refractivity contribution >= 4 is 29.5 Å². The van der Waals surface area contributed by atoms with Gasteiger partial charge in [0.2, 0.25) is 17.0 Å². The van der Waals surface area contributed by atoms with E-state index < -0.39 is 11.4 Å². The molecule has 1 N–H and O–H groups in total. The highest BCUT2D eigenvalue weighted by molar-refractivity contribution is 7.99. The predicted octanol–water partition coefficient (Wildman–Crippen LogP) is -0.0270. The number of rotatable bonds is 4. The van der Waals surface area contributed by atoms with Gasteiger partial charge in [0.25, 0.3) is 5.91 Å². The van der Waals surface area contributed by atoms with E-state index in [-0.39, 0.29) is 24.1 Å². The third-order valence-electron chi connectivity index (χ3n) is 4.60. The van der Waals surface area contributed by atoms with Crippen LogP contribution in [0.3, 0.4) is 0 Å². The fourth-order valence-corrected chi connectivity index (χ4v) is 4.18. The van der Waals surface area contributed by atoms with Gasteiger partial charge in [-0.2, -0.15) is 0 Å². The highest BCUT2D eigenvalue weighted by atomic mass is 32.2. The average molecular weight is 352 g/mol. The van der Waals surface area contributed by atoms with E-state index in [1.54, 1.807) is 4.68 Å². The molecule has 1 saturated carbocycles. The Kier molecular flexibility index (Phi) is 4.83. The summed E-state index contributed by atoms with van der Waals surface area (Å²) < 4.78 is 1.60. The Labute approximate surface area is 143 Å².